The van der Waals surface area contributed by atoms with Crippen LogP contribution < -0.4 is 0 Å². The fourth-order valence-corrected chi connectivity index (χ4v) is 5.17. The van der Waals surface area contributed by atoms with E-state index in [-0.39, 0.29) is 0 Å². The molecule has 41 heavy (non-hydrogen) atoms. The zero-order valence-electron chi connectivity index (χ0n) is 23.0. The van der Waals surface area contributed by atoms with Gasteiger partial charge in [0, 0.05) is 22.9 Å². The van der Waals surface area contributed by atoms with Crippen LogP contribution in [-0.4, -0.2) is 9.97 Å². The average molecular weight is 527 g/mol. The Kier molecular flexibility index (Phi) is 7.46. The van der Waals surface area contributed by atoms with Crippen LogP contribution in [0.1, 0.15) is 12.5 Å². The zero-order chi connectivity index (χ0) is 28.0. The SMILES string of the molecule is C=C/C(=C\C=C/C)c1cccc(-c2cnc(-c3ccccc3)nc2-c2ccc(-c3cccc4ccccc34)cc2)c1. The van der Waals surface area contributed by atoms with Gasteiger partial charge in [-0.3, -0.25) is 0 Å². The number of hydrogen-bond acceptors (Lipinski definition) is 2. The molecular weight excluding hydrogens is 496 g/mol. The van der Waals surface area contributed by atoms with Crippen molar-refractivity contribution >= 4 is 16.3 Å². The highest BCUT2D eigenvalue weighted by molar-refractivity contribution is 5.97. The van der Waals surface area contributed by atoms with Gasteiger partial charge in [0.2, 0.25) is 0 Å². The van der Waals surface area contributed by atoms with E-state index in [1.54, 1.807) is 0 Å². The summed E-state index contributed by atoms with van der Waals surface area (Å²) in [6, 6.07) is 42.3. The van der Waals surface area contributed by atoms with Gasteiger partial charge < -0.3 is 0 Å². The van der Waals surface area contributed by atoms with Crippen molar-refractivity contribution in [2.24, 2.45) is 0 Å². The van der Waals surface area contributed by atoms with Crippen molar-refractivity contribution < 1.29 is 0 Å². The van der Waals surface area contributed by atoms with E-state index < -0.39 is 0 Å². The summed E-state index contributed by atoms with van der Waals surface area (Å²) in [7, 11) is 0. The van der Waals surface area contributed by atoms with Crippen molar-refractivity contribution in [3.8, 4) is 44.9 Å². The topological polar surface area (TPSA) is 25.8 Å². The number of aromatic nitrogens is 2. The third-order valence-corrected chi connectivity index (χ3v) is 7.27. The first kappa shape index (κ1) is 25.9. The van der Waals surface area contributed by atoms with Crippen LogP contribution in [0.5, 0.6) is 0 Å². The molecule has 0 amide bonds. The summed E-state index contributed by atoms with van der Waals surface area (Å²) < 4.78 is 0. The van der Waals surface area contributed by atoms with Gasteiger partial charge >= 0.3 is 0 Å². The molecular formula is C39H30N2. The summed E-state index contributed by atoms with van der Waals surface area (Å²) in [5.74, 6) is 0.707. The van der Waals surface area contributed by atoms with Gasteiger partial charge in [-0.1, -0.05) is 146 Å². The average Bonchev–Trinajstić information content (AvgIpc) is 3.05. The maximum Gasteiger partial charge on any atom is 0.159 e. The number of rotatable bonds is 7. The molecule has 0 aliphatic rings. The summed E-state index contributed by atoms with van der Waals surface area (Å²) in [5, 5.41) is 2.49. The van der Waals surface area contributed by atoms with Crippen LogP contribution in [0.2, 0.25) is 0 Å². The maximum atomic E-state index is 5.13. The van der Waals surface area contributed by atoms with Gasteiger partial charge in [-0.15, -0.1) is 0 Å². The van der Waals surface area contributed by atoms with E-state index in [1.807, 2.05) is 61.7 Å². The Balaban J connectivity index is 1.48. The molecule has 1 heterocycles. The van der Waals surface area contributed by atoms with Gasteiger partial charge in [0.25, 0.3) is 0 Å². The third-order valence-electron chi connectivity index (χ3n) is 7.27. The van der Waals surface area contributed by atoms with Crippen LogP contribution in [0.3, 0.4) is 0 Å². The lowest BCUT2D eigenvalue weighted by molar-refractivity contribution is 1.18. The number of benzene rings is 5. The first-order valence-electron chi connectivity index (χ1n) is 13.8. The molecule has 0 spiro atoms. The quantitative estimate of drug-likeness (QED) is 0.193. The van der Waals surface area contributed by atoms with Crippen molar-refractivity contribution in [1.82, 2.24) is 9.97 Å². The first-order chi connectivity index (χ1) is 20.2. The second-order valence-electron chi connectivity index (χ2n) is 9.86. The fourth-order valence-electron chi connectivity index (χ4n) is 5.17. The fraction of sp³-hybridized carbons (Fsp3) is 0.0256. The van der Waals surface area contributed by atoms with Crippen LogP contribution in [-0.2, 0) is 0 Å². The summed E-state index contributed by atoms with van der Waals surface area (Å²) in [4.78, 5) is 9.93. The molecule has 0 saturated heterocycles. The zero-order valence-corrected chi connectivity index (χ0v) is 23.0. The minimum Gasteiger partial charge on any atom is -0.236 e. The first-order valence-corrected chi connectivity index (χ1v) is 13.8. The molecule has 2 nitrogen and oxygen atoms in total. The van der Waals surface area contributed by atoms with Gasteiger partial charge in [0.1, 0.15) is 0 Å². The standard InChI is InChI=1S/C39H30N2/c1-3-5-13-28(4-2)33-18-11-19-34(26-33)37-27-40-39(32-15-7-6-8-16-32)41-38(37)31-24-22-30(23-25-31)36-21-12-17-29-14-9-10-20-35(29)36/h3-27H,2H2,1H3/b5-3-,28-13+. The van der Waals surface area contributed by atoms with Crippen LogP contribution in [0, 0.1) is 0 Å². The van der Waals surface area contributed by atoms with E-state index in [1.165, 1.54) is 21.9 Å². The third kappa shape index (κ3) is 5.41. The summed E-state index contributed by atoms with van der Waals surface area (Å²) in [6.45, 7) is 6.04. The molecule has 1 aromatic heterocycles. The second kappa shape index (κ2) is 11.8. The molecule has 0 aliphatic heterocycles. The van der Waals surface area contributed by atoms with Gasteiger partial charge in [-0.25, -0.2) is 9.97 Å². The minimum absolute atomic E-state index is 0.707. The van der Waals surface area contributed by atoms with Gasteiger partial charge in [-0.05, 0) is 51.6 Å². The van der Waals surface area contributed by atoms with Crippen molar-refractivity contribution in [2.75, 3.05) is 0 Å². The molecule has 2 heteroatoms. The van der Waals surface area contributed by atoms with E-state index >= 15 is 0 Å². The number of hydrogen-bond donors (Lipinski definition) is 0. The Morgan fingerprint density at radius 1 is 0.659 bits per heavy atom. The molecule has 0 fully saturated rings. The molecule has 196 valence electrons. The van der Waals surface area contributed by atoms with E-state index in [9.17, 15) is 0 Å². The Morgan fingerprint density at radius 3 is 2.17 bits per heavy atom. The Morgan fingerprint density at radius 2 is 1.37 bits per heavy atom. The highest BCUT2D eigenvalue weighted by Crippen LogP contribution is 2.35. The number of allylic oxidation sites excluding steroid dienone is 5. The molecule has 0 radical (unpaired) electrons. The highest BCUT2D eigenvalue weighted by atomic mass is 14.9. The highest BCUT2D eigenvalue weighted by Gasteiger charge is 2.14. The van der Waals surface area contributed by atoms with Crippen molar-refractivity contribution in [3.63, 3.8) is 0 Å². The summed E-state index contributed by atoms with van der Waals surface area (Å²) in [5.41, 5.74) is 9.54. The summed E-state index contributed by atoms with van der Waals surface area (Å²) in [6.07, 6.45) is 9.97. The van der Waals surface area contributed by atoms with Crippen molar-refractivity contribution in [3.05, 3.63) is 164 Å². The monoisotopic (exact) mass is 526 g/mol. The largest absolute Gasteiger partial charge is 0.236 e. The molecule has 0 aliphatic carbocycles. The van der Waals surface area contributed by atoms with Crippen molar-refractivity contribution in [2.45, 2.75) is 6.92 Å². The smallest absolute Gasteiger partial charge is 0.159 e. The Hall–Kier alpha value is -5.34. The van der Waals surface area contributed by atoms with Crippen LogP contribution in [0.25, 0.3) is 61.2 Å². The van der Waals surface area contributed by atoms with Gasteiger partial charge in [0.15, 0.2) is 5.82 Å². The molecule has 6 aromatic rings. The lowest BCUT2D eigenvalue weighted by Gasteiger charge is -2.13. The molecule has 0 bridgehead atoms. The molecule has 0 N–H and O–H groups in total. The molecule has 0 atom stereocenters. The maximum absolute atomic E-state index is 5.13. The Bertz CT molecular complexity index is 1890. The van der Waals surface area contributed by atoms with E-state index in [0.717, 1.165) is 39.1 Å². The predicted octanol–water partition coefficient (Wildman–Crippen LogP) is 10.4. The lowest BCUT2D eigenvalue weighted by Crippen LogP contribution is -1.96. The van der Waals surface area contributed by atoms with Crippen LogP contribution in [0.4, 0.5) is 0 Å². The van der Waals surface area contributed by atoms with Gasteiger partial charge in [-0.2, -0.15) is 0 Å². The van der Waals surface area contributed by atoms with E-state index in [4.69, 9.17) is 9.97 Å². The van der Waals surface area contributed by atoms with E-state index in [0.29, 0.717) is 5.82 Å². The van der Waals surface area contributed by atoms with E-state index in [2.05, 4.69) is 104 Å². The van der Waals surface area contributed by atoms with Crippen LogP contribution in [0.15, 0.2) is 158 Å². The normalized spacial score (nSPS) is 11.7. The second-order valence-corrected chi connectivity index (χ2v) is 9.86. The van der Waals surface area contributed by atoms with Gasteiger partial charge in [0.05, 0.1) is 5.69 Å². The number of fused-ring (bicyclic) bond motifs is 1. The predicted molar refractivity (Wildman–Crippen MR) is 174 cm³/mol. The number of nitrogens with zero attached hydrogens (tertiary/aromatic N) is 2. The molecule has 6 rings (SSSR count). The van der Waals surface area contributed by atoms with Crippen molar-refractivity contribution in [1.29, 1.82) is 0 Å². The van der Waals surface area contributed by atoms with Crippen LogP contribution >= 0.6 is 0 Å². The Labute approximate surface area is 241 Å². The molecule has 0 unspecified atom stereocenters. The molecule has 5 aromatic carbocycles. The lowest BCUT2D eigenvalue weighted by atomic mass is 9.94. The summed E-state index contributed by atoms with van der Waals surface area (Å²) >= 11 is 0. The minimum atomic E-state index is 0.707. The molecule has 0 saturated carbocycles.